The van der Waals surface area contributed by atoms with Crippen molar-refractivity contribution in [3.8, 4) is 0 Å². The van der Waals surface area contributed by atoms with Gasteiger partial charge in [-0.05, 0) is 25.0 Å². The lowest BCUT2D eigenvalue weighted by Crippen LogP contribution is -2.33. The number of nitrogens with one attached hydrogen (secondary N) is 2. The van der Waals surface area contributed by atoms with E-state index in [0.717, 1.165) is 30.5 Å². The lowest BCUT2D eigenvalue weighted by Gasteiger charge is -2.18. The van der Waals surface area contributed by atoms with Gasteiger partial charge in [0, 0.05) is 49.8 Å². The Kier molecular flexibility index (Phi) is 6.90. The van der Waals surface area contributed by atoms with Crippen molar-refractivity contribution in [3.05, 3.63) is 87.6 Å². The Hall–Kier alpha value is -4.02. The largest absolute Gasteiger partial charge is 0.351 e. The van der Waals surface area contributed by atoms with Gasteiger partial charge in [-0.3, -0.25) is 19.4 Å². The van der Waals surface area contributed by atoms with Gasteiger partial charge < -0.3 is 15.2 Å². The molecule has 0 radical (unpaired) electrons. The molecule has 3 aromatic rings. The average molecular weight is 516 g/mol. The van der Waals surface area contributed by atoms with Crippen LogP contribution < -0.4 is 16.2 Å². The zero-order chi connectivity index (χ0) is 27.0. The second-order valence-corrected chi connectivity index (χ2v) is 9.26. The topological polar surface area (TPSA) is 93.1 Å². The van der Waals surface area contributed by atoms with Crippen LogP contribution in [0.15, 0.2) is 53.6 Å². The minimum Gasteiger partial charge on any atom is -0.351 e. The first-order valence-electron chi connectivity index (χ1n) is 11.5. The van der Waals surface area contributed by atoms with Gasteiger partial charge in [-0.1, -0.05) is 12.1 Å². The molecule has 1 amide bonds. The summed E-state index contributed by atoms with van der Waals surface area (Å²) in [6, 6.07) is 6.91. The normalized spacial score (nSPS) is 14.2. The van der Waals surface area contributed by atoms with Gasteiger partial charge >= 0.3 is 0 Å². The van der Waals surface area contributed by atoms with Gasteiger partial charge in [0.15, 0.2) is 5.78 Å². The molecule has 1 fully saturated rings. The van der Waals surface area contributed by atoms with Crippen molar-refractivity contribution in [2.75, 3.05) is 5.32 Å². The molecule has 2 N–H and O–H groups in total. The van der Waals surface area contributed by atoms with Gasteiger partial charge in [0.25, 0.3) is 11.5 Å². The van der Waals surface area contributed by atoms with Crippen LogP contribution in [-0.4, -0.2) is 21.2 Å². The predicted molar refractivity (Wildman–Crippen MR) is 128 cm³/mol. The van der Waals surface area contributed by atoms with Gasteiger partial charge in [-0.25, -0.2) is 17.6 Å². The summed E-state index contributed by atoms with van der Waals surface area (Å²) in [5.74, 6) is -5.89. The summed E-state index contributed by atoms with van der Waals surface area (Å²) < 4.78 is 57.9. The summed E-state index contributed by atoms with van der Waals surface area (Å²) >= 11 is 0. The highest BCUT2D eigenvalue weighted by atomic mass is 19.3. The van der Waals surface area contributed by atoms with Crippen molar-refractivity contribution >= 4 is 23.1 Å². The number of aromatic nitrogens is 2. The third-order valence-corrected chi connectivity index (χ3v) is 6.35. The van der Waals surface area contributed by atoms with E-state index >= 15 is 0 Å². The number of benzene rings is 1. The van der Waals surface area contributed by atoms with Crippen LogP contribution in [0.2, 0.25) is 0 Å². The standard InChI is InChI=1S/C26H24F4N4O3/c1-25(29,30)17-4-3-5-18(27)23(17)33-16-11-19(28)20(31-13-16)14-32-24(37)26(7-8-26)12-21(35)15-6-9-34(2)22(36)10-15/h3-6,9-11,13,33H,7-8,12,14H2,1-2H3,(H,32,37). The molecular formula is C26H24F4N4O3. The Bertz CT molecular complexity index is 1430. The molecule has 1 saturated carbocycles. The van der Waals surface area contributed by atoms with Crippen molar-refractivity contribution in [1.29, 1.82) is 0 Å². The minimum atomic E-state index is -3.34. The Morgan fingerprint density at radius 3 is 2.49 bits per heavy atom. The molecule has 1 aliphatic rings. The van der Waals surface area contributed by atoms with E-state index in [-0.39, 0.29) is 41.3 Å². The van der Waals surface area contributed by atoms with Crippen molar-refractivity contribution < 1.29 is 27.2 Å². The van der Waals surface area contributed by atoms with E-state index in [1.54, 1.807) is 7.05 Å². The van der Waals surface area contributed by atoms with Crippen LogP contribution in [0.4, 0.5) is 28.9 Å². The molecule has 1 aliphatic carbocycles. The molecule has 2 heterocycles. The maximum atomic E-state index is 14.7. The zero-order valence-electron chi connectivity index (χ0n) is 20.1. The third-order valence-electron chi connectivity index (χ3n) is 6.35. The first-order valence-corrected chi connectivity index (χ1v) is 11.5. The molecule has 0 unspecified atom stereocenters. The third kappa shape index (κ3) is 5.71. The first kappa shape index (κ1) is 26.1. The molecule has 0 spiro atoms. The number of nitrogens with zero attached hydrogens (tertiary/aromatic N) is 2. The SMILES string of the molecule is Cn1ccc(C(=O)CC2(C(=O)NCc3ncc(Nc4c(F)cccc4C(C)(F)F)cc3F)CC2)cc1=O. The smallest absolute Gasteiger partial charge is 0.272 e. The maximum Gasteiger partial charge on any atom is 0.272 e. The van der Waals surface area contributed by atoms with Crippen LogP contribution in [0.1, 0.15) is 47.8 Å². The summed E-state index contributed by atoms with van der Waals surface area (Å²) in [5.41, 5.74) is -2.31. The Morgan fingerprint density at radius 2 is 1.86 bits per heavy atom. The number of amides is 1. The monoisotopic (exact) mass is 516 g/mol. The molecule has 2 aromatic heterocycles. The van der Waals surface area contributed by atoms with E-state index in [2.05, 4.69) is 15.6 Å². The molecule has 0 atom stereocenters. The summed E-state index contributed by atoms with van der Waals surface area (Å²) in [6.45, 7) is 0.351. The van der Waals surface area contributed by atoms with Crippen LogP contribution in [-0.2, 0) is 24.3 Å². The van der Waals surface area contributed by atoms with E-state index < -0.39 is 40.1 Å². The van der Waals surface area contributed by atoms with Crippen LogP contribution in [0.5, 0.6) is 0 Å². The van der Waals surface area contributed by atoms with Crippen LogP contribution in [0.25, 0.3) is 0 Å². The molecule has 11 heteroatoms. The van der Waals surface area contributed by atoms with Gasteiger partial charge in [-0.2, -0.15) is 0 Å². The maximum absolute atomic E-state index is 14.7. The fourth-order valence-corrected chi connectivity index (χ4v) is 3.94. The minimum absolute atomic E-state index is 0.0542. The van der Waals surface area contributed by atoms with Crippen molar-refractivity contribution in [1.82, 2.24) is 14.9 Å². The molecule has 37 heavy (non-hydrogen) atoms. The summed E-state index contributed by atoms with van der Waals surface area (Å²) in [5, 5.41) is 5.04. The number of aryl methyl sites for hydroxylation is 1. The zero-order valence-corrected chi connectivity index (χ0v) is 20.1. The number of carbonyl (C=O) groups is 2. The van der Waals surface area contributed by atoms with E-state index in [1.165, 1.54) is 22.9 Å². The fraction of sp³-hybridized carbons (Fsp3) is 0.308. The number of hydrogen-bond acceptors (Lipinski definition) is 5. The summed E-state index contributed by atoms with van der Waals surface area (Å²) in [4.78, 5) is 41.1. The van der Waals surface area contributed by atoms with Crippen LogP contribution in [0, 0.1) is 17.0 Å². The molecule has 1 aromatic carbocycles. The highest BCUT2D eigenvalue weighted by molar-refractivity contribution is 6.00. The molecule has 0 saturated heterocycles. The molecular weight excluding hydrogens is 492 g/mol. The van der Waals surface area contributed by atoms with Gasteiger partial charge in [-0.15, -0.1) is 0 Å². The Labute approximate surface area is 209 Å². The number of hydrogen-bond donors (Lipinski definition) is 2. The highest BCUT2D eigenvalue weighted by Crippen LogP contribution is 2.49. The Morgan fingerprint density at radius 1 is 1.14 bits per heavy atom. The lowest BCUT2D eigenvalue weighted by atomic mass is 9.95. The van der Waals surface area contributed by atoms with Gasteiger partial charge in [0.2, 0.25) is 5.91 Å². The number of pyridine rings is 2. The van der Waals surface area contributed by atoms with Gasteiger partial charge in [0.05, 0.1) is 35.2 Å². The number of halogens is 4. The van der Waals surface area contributed by atoms with E-state index in [1.807, 2.05) is 0 Å². The molecule has 4 rings (SSSR count). The quantitative estimate of drug-likeness (QED) is 0.321. The highest BCUT2D eigenvalue weighted by Gasteiger charge is 2.51. The number of alkyl halides is 2. The summed E-state index contributed by atoms with van der Waals surface area (Å²) in [6.07, 6.45) is 3.48. The number of ketones is 1. The molecule has 7 nitrogen and oxygen atoms in total. The van der Waals surface area contributed by atoms with E-state index in [9.17, 15) is 31.9 Å². The number of para-hydroxylation sites is 1. The molecule has 0 aliphatic heterocycles. The van der Waals surface area contributed by atoms with Crippen molar-refractivity contribution in [3.63, 3.8) is 0 Å². The molecule has 194 valence electrons. The van der Waals surface area contributed by atoms with E-state index in [0.29, 0.717) is 19.8 Å². The van der Waals surface area contributed by atoms with Crippen LogP contribution >= 0.6 is 0 Å². The molecule has 0 bridgehead atoms. The van der Waals surface area contributed by atoms with Crippen molar-refractivity contribution in [2.24, 2.45) is 12.5 Å². The Balaban J connectivity index is 1.41. The predicted octanol–water partition coefficient (Wildman–Crippen LogP) is 4.58. The first-order chi connectivity index (χ1) is 17.4. The number of anilines is 2. The van der Waals surface area contributed by atoms with Crippen molar-refractivity contribution in [2.45, 2.75) is 38.7 Å². The fourth-order valence-electron chi connectivity index (χ4n) is 3.94. The van der Waals surface area contributed by atoms with Crippen LogP contribution in [0.3, 0.4) is 0 Å². The lowest BCUT2D eigenvalue weighted by molar-refractivity contribution is -0.126. The van der Waals surface area contributed by atoms with Gasteiger partial charge in [0.1, 0.15) is 11.6 Å². The second-order valence-electron chi connectivity index (χ2n) is 9.26. The summed E-state index contributed by atoms with van der Waals surface area (Å²) in [7, 11) is 1.56. The van der Waals surface area contributed by atoms with E-state index in [4.69, 9.17) is 0 Å². The second kappa shape index (κ2) is 9.79. The number of Topliss-reactive ketones (excluding diaryl/α,β-unsaturated/α-hetero) is 1. The number of carbonyl (C=O) groups excluding carboxylic acids is 2. The number of rotatable bonds is 9. The average Bonchev–Trinajstić information content (AvgIpc) is 3.61.